The number of aryl methyl sites for hydroxylation is 1. The van der Waals surface area contributed by atoms with Crippen molar-refractivity contribution in [3.63, 3.8) is 0 Å². The van der Waals surface area contributed by atoms with Crippen molar-refractivity contribution >= 4 is 17.5 Å². The summed E-state index contributed by atoms with van der Waals surface area (Å²) in [5.74, 6) is -0.0341. The number of halogens is 1. The van der Waals surface area contributed by atoms with E-state index in [-0.39, 0.29) is 17.7 Å². The van der Waals surface area contributed by atoms with Crippen LogP contribution in [-0.4, -0.2) is 11.0 Å². The molecule has 0 spiro atoms. The van der Waals surface area contributed by atoms with Crippen molar-refractivity contribution in [1.29, 1.82) is 0 Å². The Morgan fingerprint density at radius 2 is 1.95 bits per heavy atom. The number of phenols is 1. The van der Waals surface area contributed by atoms with Crippen LogP contribution >= 0.6 is 11.6 Å². The van der Waals surface area contributed by atoms with Crippen LogP contribution in [0.25, 0.3) is 0 Å². The van der Waals surface area contributed by atoms with E-state index in [1.165, 1.54) is 6.07 Å². The molecule has 1 amide bonds. The van der Waals surface area contributed by atoms with E-state index in [1.807, 2.05) is 25.1 Å². The summed E-state index contributed by atoms with van der Waals surface area (Å²) >= 11 is 6.12. The van der Waals surface area contributed by atoms with Crippen molar-refractivity contribution in [2.45, 2.75) is 19.9 Å². The van der Waals surface area contributed by atoms with Gasteiger partial charge < -0.3 is 10.4 Å². The van der Waals surface area contributed by atoms with Gasteiger partial charge in [0.2, 0.25) is 0 Å². The number of amides is 1. The van der Waals surface area contributed by atoms with Crippen molar-refractivity contribution in [1.82, 2.24) is 5.32 Å². The molecule has 0 saturated carbocycles. The number of hydrogen-bond donors (Lipinski definition) is 2. The van der Waals surface area contributed by atoms with Crippen LogP contribution in [0.4, 0.5) is 0 Å². The first kappa shape index (κ1) is 14.4. The fourth-order valence-corrected chi connectivity index (χ4v) is 2.38. The van der Waals surface area contributed by atoms with E-state index in [2.05, 4.69) is 5.32 Å². The van der Waals surface area contributed by atoms with Crippen LogP contribution < -0.4 is 5.32 Å². The zero-order chi connectivity index (χ0) is 14.7. The summed E-state index contributed by atoms with van der Waals surface area (Å²) in [7, 11) is 0. The number of carbonyl (C=O) groups is 1. The average molecular weight is 290 g/mol. The highest BCUT2D eigenvalue weighted by Crippen LogP contribution is 2.23. The van der Waals surface area contributed by atoms with E-state index in [0.29, 0.717) is 10.6 Å². The second-order valence-electron chi connectivity index (χ2n) is 4.72. The fraction of sp³-hybridized carbons (Fsp3) is 0.188. The zero-order valence-corrected chi connectivity index (χ0v) is 12.1. The summed E-state index contributed by atoms with van der Waals surface area (Å²) in [6.45, 7) is 3.67. The number of hydrogen-bond acceptors (Lipinski definition) is 2. The molecule has 2 aromatic carbocycles. The SMILES string of the molecule is Cc1cc(O)ccc1C(=O)NC(C)c1ccccc1Cl. The molecule has 0 aliphatic carbocycles. The smallest absolute Gasteiger partial charge is 0.252 e. The Morgan fingerprint density at radius 3 is 2.60 bits per heavy atom. The normalized spacial score (nSPS) is 11.9. The van der Waals surface area contributed by atoms with E-state index in [0.717, 1.165) is 11.1 Å². The molecule has 2 aromatic rings. The van der Waals surface area contributed by atoms with E-state index in [1.54, 1.807) is 25.1 Å². The number of phenolic OH excluding ortho intramolecular Hbond substituents is 1. The number of aromatic hydroxyl groups is 1. The Hall–Kier alpha value is -2.00. The van der Waals surface area contributed by atoms with Crippen LogP contribution in [0.1, 0.15) is 34.5 Å². The standard InChI is InChI=1S/C16H16ClNO2/c1-10-9-12(19)7-8-13(10)16(20)18-11(2)14-5-3-4-6-15(14)17/h3-9,11,19H,1-2H3,(H,18,20). The minimum atomic E-state index is -0.190. The molecule has 0 aliphatic heterocycles. The summed E-state index contributed by atoms with van der Waals surface area (Å²) in [6, 6.07) is 11.9. The number of carbonyl (C=O) groups excluding carboxylic acids is 1. The topological polar surface area (TPSA) is 49.3 Å². The first-order chi connectivity index (χ1) is 9.49. The van der Waals surface area contributed by atoms with Crippen LogP contribution in [0.2, 0.25) is 5.02 Å². The Balaban J connectivity index is 2.17. The first-order valence-corrected chi connectivity index (χ1v) is 6.71. The van der Waals surface area contributed by atoms with Gasteiger partial charge in [-0.25, -0.2) is 0 Å². The third-order valence-corrected chi connectivity index (χ3v) is 3.52. The molecule has 0 radical (unpaired) electrons. The van der Waals surface area contributed by atoms with Crippen LogP contribution in [0.5, 0.6) is 5.75 Å². The molecule has 3 nitrogen and oxygen atoms in total. The predicted octanol–water partition coefficient (Wildman–Crippen LogP) is 3.85. The van der Waals surface area contributed by atoms with Gasteiger partial charge in [0.05, 0.1) is 6.04 Å². The van der Waals surface area contributed by atoms with Gasteiger partial charge in [0.1, 0.15) is 5.75 Å². The van der Waals surface area contributed by atoms with Crippen molar-refractivity contribution in [3.05, 3.63) is 64.2 Å². The molecule has 2 N–H and O–H groups in total. The van der Waals surface area contributed by atoms with E-state index in [4.69, 9.17) is 11.6 Å². The summed E-state index contributed by atoms with van der Waals surface area (Å²) in [4.78, 5) is 12.2. The van der Waals surface area contributed by atoms with Gasteiger partial charge in [0.25, 0.3) is 5.91 Å². The number of benzene rings is 2. The quantitative estimate of drug-likeness (QED) is 0.902. The van der Waals surface area contributed by atoms with Gasteiger partial charge in [-0.1, -0.05) is 29.8 Å². The van der Waals surface area contributed by atoms with E-state index >= 15 is 0 Å². The van der Waals surface area contributed by atoms with Crippen molar-refractivity contribution in [3.8, 4) is 5.75 Å². The highest BCUT2D eigenvalue weighted by atomic mass is 35.5. The Labute approximate surface area is 123 Å². The van der Waals surface area contributed by atoms with Gasteiger partial charge in [-0.05, 0) is 49.2 Å². The van der Waals surface area contributed by atoms with Gasteiger partial charge in [0.15, 0.2) is 0 Å². The predicted molar refractivity (Wildman–Crippen MR) is 80.2 cm³/mol. The van der Waals surface area contributed by atoms with Gasteiger partial charge in [-0.15, -0.1) is 0 Å². The molecule has 1 atom stereocenters. The minimum Gasteiger partial charge on any atom is -0.508 e. The maximum atomic E-state index is 12.2. The highest BCUT2D eigenvalue weighted by Gasteiger charge is 2.15. The highest BCUT2D eigenvalue weighted by molar-refractivity contribution is 6.31. The van der Waals surface area contributed by atoms with Gasteiger partial charge >= 0.3 is 0 Å². The second kappa shape index (κ2) is 5.97. The maximum absolute atomic E-state index is 12.2. The molecule has 4 heteroatoms. The number of rotatable bonds is 3. The minimum absolute atomic E-state index is 0.151. The molecule has 0 saturated heterocycles. The largest absolute Gasteiger partial charge is 0.508 e. The fourth-order valence-electron chi connectivity index (χ4n) is 2.08. The van der Waals surface area contributed by atoms with E-state index < -0.39 is 0 Å². The third kappa shape index (κ3) is 3.11. The molecule has 0 heterocycles. The molecule has 2 rings (SSSR count). The summed E-state index contributed by atoms with van der Waals surface area (Å²) in [5, 5.41) is 12.9. The molecule has 1 unspecified atom stereocenters. The molecule has 0 bridgehead atoms. The second-order valence-corrected chi connectivity index (χ2v) is 5.12. The summed E-state index contributed by atoms with van der Waals surface area (Å²) in [6.07, 6.45) is 0. The zero-order valence-electron chi connectivity index (χ0n) is 11.4. The van der Waals surface area contributed by atoms with Gasteiger partial charge in [0, 0.05) is 10.6 Å². The summed E-state index contributed by atoms with van der Waals surface area (Å²) < 4.78 is 0. The van der Waals surface area contributed by atoms with Crippen molar-refractivity contribution in [2.24, 2.45) is 0 Å². The lowest BCUT2D eigenvalue weighted by Crippen LogP contribution is -2.27. The van der Waals surface area contributed by atoms with Crippen LogP contribution in [-0.2, 0) is 0 Å². The van der Waals surface area contributed by atoms with Crippen molar-refractivity contribution in [2.75, 3.05) is 0 Å². The van der Waals surface area contributed by atoms with Crippen LogP contribution in [0.15, 0.2) is 42.5 Å². The molecule has 20 heavy (non-hydrogen) atoms. The van der Waals surface area contributed by atoms with Crippen molar-refractivity contribution < 1.29 is 9.90 Å². The lowest BCUT2D eigenvalue weighted by atomic mass is 10.1. The van der Waals surface area contributed by atoms with Crippen LogP contribution in [0, 0.1) is 6.92 Å². The molecule has 0 aliphatic rings. The molecule has 104 valence electrons. The molecular weight excluding hydrogens is 274 g/mol. The lowest BCUT2D eigenvalue weighted by molar-refractivity contribution is 0.0939. The Bertz CT molecular complexity index is 640. The number of nitrogens with one attached hydrogen (secondary N) is 1. The first-order valence-electron chi connectivity index (χ1n) is 6.34. The third-order valence-electron chi connectivity index (χ3n) is 3.17. The maximum Gasteiger partial charge on any atom is 0.252 e. The van der Waals surface area contributed by atoms with Gasteiger partial charge in [-0.3, -0.25) is 4.79 Å². The molecule has 0 fully saturated rings. The molecular formula is C16H16ClNO2. The lowest BCUT2D eigenvalue weighted by Gasteiger charge is -2.16. The van der Waals surface area contributed by atoms with Crippen LogP contribution in [0.3, 0.4) is 0 Å². The average Bonchev–Trinajstić information content (AvgIpc) is 2.38. The Morgan fingerprint density at radius 1 is 1.25 bits per heavy atom. The Kier molecular flexibility index (Phi) is 4.30. The summed E-state index contributed by atoms with van der Waals surface area (Å²) in [5.41, 5.74) is 2.15. The van der Waals surface area contributed by atoms with E-state index in [9.17, 15) is 9.90 Å². The molecule has 0 aromatic heterocycles. The monoisotopic (exact) mass is 289 g/mol. The van der Waals surface area contributed by atoms with Gasteiger partial charge in [-0.2, -0.15) is 0 Å².